The van der Waals surface area contributed by atoms with Crippen LogP contribution in [-0.4, -0.2) is 63.6 Å². The van der Waals surface area contributed by atoms with Gasteiger partial charge in [-0.1, -0.05) is 6.07 Å². The fraction of sp³-hybridized carbons (Fsp3) is 0.500. The number of carbonyl (C=O) groups is 1. The molecule has 2 saturated heterocycles. The number of methoxy groups -OCH3 is 1. The van der Waals surface area contributed by atoms with E-state index in [0.29, 0.717) is 11.1 Å². The molecule has 10 heteroatoms. The maximum Gasteiger partial charge on any atom is 0.333 e. The van der Waals surface area contributed by atoms with E-state index in [1.807, 2.05) is 0 Å². The Balaban J connectivity index is 1.85. The van der Waals surface area contributed by atoms with Crippen molar-refractivity contribution in [2.45, 2.75) is 44.6 Å². The molecule has 0 unspecified atom stereocenters. The molecule has 154 valence electrons. The number of ether oxygens (including phenoxy) is 4. The summed E-state index contributed by atoms with van der Waals surface area (Å²) < 4.78 is 49.8. The highest BCUT2D eigenvalue weighted by Crippen LogP contribution is 2.43. The van der Waals surface area contributed by atoms with Crippen LogP contribution in [0.1, 0.15) is 19.4 Å². The highest BCUT2D eigenvalue weighted by Gasteiger charge is 2.61. The lowest BCUT2D eigenvalue weighted by Crippen LogP contribution is -2.32. The molecule has 0 radical (unpaired) electrons. The molecule has 0 amide bonds. The second-order valence-corrected chi connectivity index (χ2v) is 8.28. The van der Waals surface area contributed by atoms with Gasteiger partial charge in [0.15, 0.2) is 11.5 Å². The van der Waals surface area contributed by atoms with E-state index in [1.165, 1.54) is 25.3 Å². The van der Waals surface area contributed by atoms with Gasteiger partial charge >= 0.3 is 16.1 Å². The molecule has 2 heterocycles. The summed E-state index contributed by atoms with van der Waals surface area (Å²) in [7, 11) is -2.56. The fourth-order valence-corrected chi connectivity index (χ4v) is 3.40. The average molecular weight is 414 g/mol. The van der Waals surface area contributed by atoms with Crippen LogP contribution >= 0.6 is 0 Å². The first-order valence-corrected chi connectivity index (χ1v) is 10.4. The Morgan fingerprint density at radius 1 is 1.25 bits per heavy atom. The third-order valence-electron chi connectivity index (χ3n) is 4.26. The highest BCUT2D eigenvalue weighted by atomic mass is 32.2. The van der Waals surface area contributed by atoms with Gasteiger partial charge in [-0.05, 0) is 37.6 Å². The molecule has 3 rings (SSSR count). The van der Waals surface area contributed by atoms with Crippen LogP contribution in [0.25, 0.3) is 6.08 Å². The number of hydrogen-bond donors (Lipinski definition) is 1. The number of aliphatic hydroxyl groups excluding tert-OH is 1. The zero-order valence-corrected chi connectivity index (χ0v) is 16.6. The number of fused-ring (bicyclic) bond motifs is 1. The molecule has 2 aliphatic rings. The zero-order chi connectivity index (χ0) is 20.6. The first-order chi connectivity index (χ1) is 13.1. The molecule has 0 aliphatic carbocycles. The number of rotatable bonds is 7. The van der Waals surface area contributed by atoms with Crippen LogP contribution in [0.2, 0.25) is 0 Å². The van der Waals surface area contributed by atoms with E-state index in [4.69, 9.17) is 18.4 Å². The lowest BCUT2D eigenvalue weighted by molar-refractivity contribution is -0.151. The molecule has 1 N–H and O–H groups in total. The molecule has 1 aromatic rings. The van der Waals surface area contributed by atoms with Crippen LogP contribution in [0, 0.1) is 0 Å². The van der Waals surface area contributed by atoms with Crippen LogP contribution in [0.4, 0.5) is 0 Å². The van der Waals surface area contributed by atoms with E-state index >= 15 is 0 Å². The molecular formula is C18H22O9S. The Morgan fingerprint density at radius 3 is 2.54 bits per heavy atom. The minimum Gasteiger partial charge on any atom is -0.466 e. The number of aliphatic hydroxyl groups is 1. The average Bonchev–Trinajstić information content (AvgIpc) is 3.31. The molecule has 2 fully saturated rings. The molecule has 0 aromatic heterocycles. The van der Waals surface area contributed by atoms with Crippen molar-refractivity contribution in [3.63, 3.8) is 0 Å². The summed E-state index contributed by atoms with van der Waals surface area (Å²) in [4.78, 5) is 11.6. The van der Waals surface area contributed by atoms with E-state index in [-0.39, 0.29) is 23.7 Å². The van der Waals surface area contributed by atoms with Crippen LogP contribution in [0.5, 0.6) is 11.5 Å². The molecule has 0 spiro atoms. The van der Waals surface area contributed by atoms with Gasteiger partial charge in [-0.2, -0.15) is 8.42 Å². The van der Waals surface area contributed by atoms with E-state index in [1.54, 1.807) is 19.9 Å². The SMILES string of the molecule is COC(=O)/C(C)=C/c1ccc(O[C@@H]2O[C@H]([C@@H](C)O)[C@@H]3O[C@H]23)c(OS(C)(=O)=O)c1. The summed E-state index contributed by atoms with van der Waals surface area (Å²) in [5, 5.41) is 9.72. The third-order valence-corrected chi connectivity index (χ3v) is 4.75. The van der Waals surface area contributed by atoms with Crippen molar-refractivity contribution >= 4 is 22.2 Å². The Morgan fingerprint density at radius 2 is 1.96 bits per heavy atom. The predicted octanol–water partition coefficient (Wildman–Crippen LogP) is 0.853. The molecule has 5 atom stereocenters. The normalized spacial score (nSPS) is 27.7. The largest absolute Gasteiger partial charge is 0.466 e. The van der Waals surface area contributed by atoms with Gasteiger partial charge in [0.2, 0.25) is 6.29 Å². The van der Waals surface area contributed by atoms with Crippen LogP contribution in [-0.2, 0) is 29.1 Å². The summed E-state index contributed by atoms with van der Waals surface area (Å²) in [5.41, 5.74) is 0.846. The highest BCUT2D eigenvalue weighted by molar-refractivity contribution is 7.86. The predicted molar refractivity (Wildman–Crippen MR) is 97.2 cm³/mol. The second kappa shape index (κ2) is 7.70. The number of carbonyl (C=O) groups excluding carboxylic acids is 1. The molecule has 9 nitrogen and oxygen atoms in total. The maximum atomic E-state index is 11.6. The standard InChI is InChI=1S/C18H22O9S/c1-9(17(20)23-3)7-11-5-6-12(13(8-11)27-28(4,21)22)24-18-16-15(25-16)14(26-18)10(2)19/h5-8,10,14-16,18-19H,1-4H3/b9-7+/t10-,14-,15+,16+,18-/m1/s1. The van der Waals surface area contributed by atoms with Gasteiger partial charge in [-0.3, -0.25) is 0 Å². The monoisotopic (exact) mass is 414 g/mol. The summed E-state index contributed by atoms with van der Waals surface area (Å²) in [6, 6.07) is 4.56. The lowest BCUT2D eigenvalue weighted by atomic mass is 10.1. The quantitative estimate of drug-likeness (QED) is 0.299. The molecule has 28 heavy (non-hydrogen) atoms. The van der Waals surface area contributed by atoms with E-state index in [2.05, 4.69) is 4.74 Å². The summed E-state index contributed by atoms with van der Waals surface area (Å²) in [6.45, 7) is 3.16. The van der Waals surface area contributed by atoms with Crippen molar-refractivity contribution < 1.29 is 41.4 Å². The third kappa shape index (κ3) is 4.64. The Kier molecular flexibility index (Phi) is 5.67. The second-order valence-electron chi connectivity index (χ2n) is 6.71. The number of esters is 1. The summed E-state index contributed by atoms with van der Waals surface area (Å²) in [6.07, 6.45) is -0.205. The summed E-state index contributed by atoms with van der Waals surface area (Å²) in [5.74, 6) is -0.439. The van der Waals surface area contributed by atoms with Crippen molar-refractivity contribution in [3.05, 3.63) is 29.3 Å². The molecule has 0 bridgehead atoms. The van der Waals surface area contributed by atoms with Crippen molar-refractivity contribution in [1.29, 1.82) is 0 Å². The van der Waals surface area contributed by atoms with E-state index in [9.17, 15) is 18.3 Å². The maximum absolute atomic E-state index is 11.6. The number of benzene rings is 1. The van der Waals surface area contributed by atoms with Gasteiger partial charge in [0, 0.05) is 5.57 Å². The molecule has 2 aliphatic heterocycles. The lowest BCUT2D eigenvalue weighted by Gasteiger charge is -2.21. The van der Waals surface area contributed by atoms with Crippen molar-refractivity contribution in [3.8, 4) is 11.5 Å². The van der Waals surface area contributed by atoms with Crippen LogP contribution in [0.15, 0.2) is 23.8 Å². The molecule has 0 saturated carbocycles. The van der Waals surface area contributed by atoms with Crippen LogP contribution in [0.3, 0.4) is 0 Å². The van der Waals surface area contributed by atoms with Crippen molar-refractivity contribution in [1.82, 2.24) is 0 Å². The fourth-order valence-electron chi connectivity index (χ4n) is 2.95. The Hall–Kier alpha value is -2.14. The Bertz CT molecular complexity index is 890. The molecular weight excluding hydrogens is 392 g/mol. The minimum atomic E-state index is -3.83. The first kappa shape index (κ1) is 20.6. The van der Waals surface area contributed by atoms with Crippen molar-refractivity contribution in [2.75, 3.05) is 13.4 Å². The van der Waals surface area contributed by atoms with Gasteiger partial charge < -0.3 is 28.2 Å². The van der Waals surface area contributed by atoms with E-state index < -0.39 is 34.6 Å². The zero-order valence-electron chi connectivity index (χ0n) is 15.8. The minimum absolute atomic E-state index is 0.0600. The smallest absolute Gasteiger partial charge is 0.333 e. The number of epoxide rings is 1. The van der Waals surface area contributed by atoms with Crippen molar-refractivity contribution in [2.24, 2.45) is 0 Å². The van der Waals surface area contributed by atoms with Gasteiger partial charge in [0.1, 0.15) is 18.3 Å². The van der Waals surface area contributed by atoms with E-state index in [0.717, 1.165) is 6.26 Å². The number of hydrogen-bond acceptors (Lipinski definition) is 9. The van der Waals surface area contributed by atoms with Gasteiger partial charge in [0.05, 0.1) is 19.5 Å². The van der Waals surface area contributed by atoms with Crippen LogP contribution < -0.4 is 8.92 Å². The molecule has 1 aromatic carbocycles. The topological polar surface area (TPSA) is 121 Å². The first-order valence-electron chi connectivity index (χ1n) is 8.55. The van der Waals surface area contributed by atoms with Gasteiger partial charge in [0.25, 0.3) is 0 Å². The Labute approximate surface area is 162 Å². The van der Waals surface area contributed by atoms with Gasteiger partial charge in [-0.25, -0.2) is 4.79 Å². The van der Waals surface area contributed by atoms with Gasteiger partial charge in [-0.15, -0.1) is 0 Å². The summed E-state index contributed by atoms with van der Waals surface area (Å²) >= 11 is 0.